The summed E-state index contributed by atoms with van der Waals surface area (Å²) in [5.74, 6) is -0.211. The maximum Gasteiger partial charge on any atom is 0.251 e. The highest BCUT2D eigenvalue weighted by Crippen LogP contribution is 2.24. The molecule has 6 heteroatoms. The zero-order chi connectivity index (χ0) is 17.8. The molecular weight excluding hydrogens is 359 g/mol. The molecule has 0 heterocycles. The molecule has 0 radical (unpaired) electrons. The van der Waals surface area contributed by atoms with E-state index in [1.165, 1.54) is 0 Å². The number of rotatable bonds is 6. The molecular formula is C19H18Cl2N2O2. The van der Waals surface area contributed by atoms with Crippen LogP contribution in [0.2, 0.25) is 10.0 Å². The lowest BCUT2D eigenvalue weighted by Crippen LogP contribution is -2.26. The first-order chi connectivity index (χ1) is 12.0. The Morgan fingerprint density at radius 2 is 1.64 bits per heavy atom. The van der Waals surface area contributed by atoms with Gasteiger partial charge in [0.25, 0.3) is 5.91 Å². The average molecular weight is 377 g/mol. The van der Waals surface area contributed by atoms with Crippen molar-refractivity contribution in [3.63, 3.8) is 0 Å². The number of carbonyl (C=O) groups is 2. The normalized spacial score (nSPS) is 13.4. The first-order valence-corrected chi connectivity index (χ1v) is 8.88. The van der Waals surface area contributed by atoms with Gasteiger partial charge < -0.3 is 10.6 Å². The summed E-state index contributed by atoms with van der Waals surface area (Å²) in [5.41, 5.74) is 2.17. The minimum Gasteiger partial charge on any atom is -0.352 e. The van der Waals surface area contributed by atoms with Crippen LogP contribution in [0.5, 0.6) is 0 Å². The fraction of sp³-hybridized carbons (Fsp3) is 0.263. The second-order valence-corrected chi connectivity index (χ2v) is 6.91. The van der Waals surface area contributed by atoms with Crippen LogP contribution in [0.1, 0.15) is 34.3 Å². The van der Waals surface area contributed by atoms with Crippen molar-refractivity contribution in [3.8, 4) is 0 Å². The first-order valence-electron chi connectivity index (χ1n) is 8.12. The van der Waals surface area contributed by atoms with Crippen LogP contribution < -0.4 is 10.6 Å². The molecule has 2 aromatic carbocycles. The Hall–Kier alpha value is -2.04. The molecule has 0 aliphatic heterocycles. The molecule has 0 atom stereocenters. The highest BCUT2D eigenvalue weighted by molar-refractivity contribution is 6.36. The van der Waals surface area contributed by atoms with Gasteiger partial charge in [0.15, 0.2) is 0 Å². The van der Waals surface area contributed by atoms with Crippen molar-refractivity contribution in [1.29, 1.82) is 0 Å². The van der Waals surface area contributed by atoms with Gasteiger partial charge in [0.05, 0.1) is 6.42 Å². The molecule has 2 aromatic rings. The highest BCUT2D eigenvalue weighted by Gasteiger charge is 2.23. The van der Waals surface area contributed by atoms with Crippen LogP contribution in [0.4, 0.5) is 0 Å². The fourth-order valence-electron chi connectivity index (χ4n) is 2.40. The molecule has 1 fully saturated rings. The number of nitrogens with one attached hydrogen (secondary N) is 2. The Morgan fingerprint density at radius 1 is 1.00 bits per heavy atom. The van der Waals surface area contributed by atoms with Crippen LogP contribution >= 0.6 is 23.2 Å². The van der Waals surface area contributed by atoms with E-state index >= 15 is 0 Å². The van der Waals surface area contributed by atoms with Gasteiger partial charge in [0.1, 0.15) is 0 Å². The summed E-state index contributed by atoms with van der Waals surface area (Å²) < 4.78 is 0. The van der Waals surface area contributed by atoms with Crippen LogP contribution in [0.15, 0.2) is 42.5 Å². The lowest BCUT2D eigenvalue weighted by molar-refractivity contribution is -0.120. The second-order valence-electron chi connectivity index (χ2n) is 6.10. The van der Waals surface area contributed by atoms with Crippen LogP contribution in [0, 0.1) is 0 Å². The molecule has 1 aliphatic carbocycles. The molecule has 25 heavy (non-hydrogen) atoms. The van der Waals surface area contributed by atoms with E-state index in [4.69, 9.17) is 23.2 Å². The Balaban J connectivity index is 1.52. The largest absolute Gasteiger partial charge is 0.352 e. The van der Waals surface area contributed by atoms with E-state index in [-0.39, 0.29) is 18.2 Å². The number of carbonyl (C=O) groups excluding carboxylic acids is 2. The molecule has 3 rings (SSSR count). The van der Waals surface area contributed by atoms with E-state index in [9.17, 15) is 9.59 Å². The molecule has 0 spiro atoms. The predicted octanol–water partition coefficient (Wildman–Crippen LogP) is 3.74. The van der Waals surface area contributed by atoms with Gasteiger partial charge in [-0.25, -0.2) is 0 Å². The smallest absolute Gasteiger partial charge is 0.251 e. The van der Waals surface area contributed by atoms with Gasteiger partial charge in [-0.1, -0.05) is 41.4 Å². The van der Waals surface area contributed by atoms with E-state index in [0.717, 1.165) is 18.4 Å². The van der Waals surface area contributed by atoms with E-state index in [2.05, 4.69) is 10.6 Å². The number of benzene rings is 2. The van der Waals surface area contributed by atoms with Crippen molar-refractivity contribution >= 4 is 35.0 Å². The van der Waals surface area contributed by atoms with Crippen molar-refractivity contribution in [2.24, 2.45) is 0 Å². The number of halogens is 2. The second kappa shape index (κ2) is 7.89. The molecule has 0 bridgehead atoms. The van der Waals surface area contributed by atoms with Crippen LogP contribution in [0.25, 0.3) is 0 Å². The maximum absolute atomic E-state index is 12.1. The summed E-state index contributed by atoms with van der Waals surface area (Å²) in [5, 5.41) is 6.74. The SMILES string of the molecule is O=C(Cc1c(Cl)cccc1Cl)NCc1ccc(C(=O)NC2CC2)cc1. The zero-order valence-corrected chi connectivity index (χ0v) is 15.0. The van der Waals surface area contributed by atoms with Crippen molar-refractivity contribution in [2.75, 3.05) is 0 Å². The van der Waals surface area contributed by atoms with Gasteiger partial charge in [-0.15, -0.1) is 0 Å². The average Bonchev–Trinajstić information content (AvgIpc) is 3.41. The molecule has 1 saturated carbocycles. The fourth-order valence-corrected chi connectivity index (χ4v) is 2.93. The van der Waals surface area contributed by atoms with Gasteiger partial charge in [-0.3, -0.25) is 9.59 Å². The zero-order valence-electron chi connectivity index (χ0n) is 13.5. The number of hydrogen-bond acceptors (Lipinski definition) is 2. The molecule has 0 saturated heterocycles. The van der Waals surface area contributed by atoms with E-state index in [1.54, 1.807) is 30.3 Å². The van der Waals surface area contributed by atoms with Crippen molar-refractivity contribution in [2.45, 2.75) is 31.8 Å². The van der Waals surface area contributed by atoms with Gasteiger partial charge in [0.2, 0.25) is 5.91 Å². The monoisotopic (exact) mass is 376 g/mol. The van der Waals surface area contributed by atoms with Crippen molar-refractivity contribution in [3.05, 3.63) is 69.2 Å². The summed E-state index contributed by atoms with van der Waals surface area (Å²) in [4.78, 5) is 24.0. The van der Waals surface area contributed by atoms with E-state index in [1.807, 2.05) is 12.1 Å². The quantitative estimate of drug-likeness (QED) is 0.806. The highest BCUT2D eigenvalue weighted by atomic mass is 35.5. The minimum atomic E-state index is -0.162. The minimum absolute atomic E-state index is 0.0496. The molecule has 2 amide bonds. The Bertz CT molecular complexity index is 766. The lowest BCUT2D eigenvalue weighted by Gasteiger charge is -2.09. The topological polar surface area (TPSA) is 58.2 Å². The number of hydrogen-bond donors (Lipinski definition) is 2. The lowest BCUT2D eigenvalue weighted by atomic mass is 10.1. The summed E-state index contributed by atoms with van der Waals surface area (Å²) in [6.45, 7) is 0.380. The van der Waals surface area contributed by atoms with E-state index < -0.39 is 0 Å². The van der Waals surface area contributed by atoms with Crippen LogP contribution in [0.3, 0.4) is 0 Å². The summed E-state index contributed by atoms with van der Waals surface area (Å²) >= 11 is 12.2. The third-order valence-electron chi connectivity index (χ3n) is 4.02. The van der Waals surface area contributed by atoms with Crippen LogP contribution in [-0.4, -0.2) is 17.9 Å². The molecule has 130 valence electrons. The molecule has 0 aromatic heterocycles. The standard InChI is InChI=1S/C19H18Cl2N2O2/c20-16-2-1-3-17(21)15(16)10-18(24)22-11-12-4-6-13(7-5-12)19(25)23-14-8-9-14/h1-7,14H,8-11H2,(H,22,24)(H,23,25). The van der Waals surface area contributed by atoms with Crippen molar-refractivity contribution < 1.29 is 9.59 Å². The van der Waals surface area contributed by atoms with Crippen LogP contribution in [-0.2, 0) is 17.8 Å². The number of amides is 2. The summed E-state index contributed by atoms with van der Waals surface area (Å²) in [7, 11) is 0. The molecule has 2 N–H and O–H groups in total. The molecule has 4 nitrogen and oxygen atoms in total. The van der Waals surface area contributed by atoms with Gasteiger partial charge in [-0.05, 0) is 48.2 Å². The van der Waals surface area contributed by atoms with Gasteiger partial charge in [-0.2, -0.15) is 0 Å². The summed E-state index contributed by atoms with van der Waals surface area (Å²) in [6.07, 6.45) is 2.25. The van der Waals surface area contributed by atoms with E-state index in [0.29, 0.717) is 33.8 Å². The maximum atomic E-state index is 12.1. The first kappa shape index (κ1) is 17.8. The Morgan fingerprint density at radius 3 is 2.24 bits per heavy atom. The Labute approximate surface area is 156 Å². The third-order valence-corrected chi connectivity index (χ3v) is 4.73. The van der Waals surface area contributed by atoms with Gasteiger partial charge in [0, 0.05) is 28.2 Å². The summed E-state index contributed by atoms with van der Waals surface area (Å²) in [6, 6.07) is 12.7. The van der Waals surface area contributed by atoms with Crippen molar-refractivity contribution in [1.82, 2.24) is 10.6 Å². The molecule has 1 aliphatic rings. The predicted molar refractivity (Wildman–Crippen MR) is 98.9 cm³/mol. The Kier molecular flexibility index (Phi) is 5.61. The molecule has 0 unspecified atom stereocenters. The third kappa shape index (κ3) is 4.97. The van der Waals surface area contributed by atoms with Gasteiger partial charge >= 0.3 is 0 Å².